The molecule has 3 heterocycles. The van der Waals surface area contributed by atoms with Gasteiger partial charge in [0.2, 0.25) is 0 Å². The number of amides is 1. The Morgan fingerprint density at radius 2 is 1.97 bits per heavy atom. The van der Waals surface area contributed by atoms with Gasteiger partial charge in [0.1, 0.15) is 11.5 Å². The van der Waals surface area contributed by atoms with E-state index in [1.165, 1.54) is 37.1 Å². The van der Waals surface area contributed by atoms with E-state index >= 15 is 0 Å². The molecule has 1 aliphatic rings. The molecule has 4 aromatic rings. The molecule has 1 saturated carbocycles. The lowest BCUT2D eigenvalue weighted by Crippen LogP contribution is -2.13. The molecular weight excluding hydrogens is 460 g/mol. The first kappa shape index (κ1) is 23.4. The summed E-state index contributed by atoms with van der Waals surface area (Å²) < 4.78 is 7.09. The summed E-state index contributed by atoms with van der Waals surface area (Å²) in [6, 6.07) is 7.26. The van der Waals surface area contributed by atoms with Gasteiger partial charge in [-0.25, -0.2) is 9.67 Å². The Balaban J connectivity index is 1.34. The van der Waals surface area contributed by atoms with Crippen LogP contribution in [0.2, 0.25) is 0 Å². The topological polar surface area (TPSA) is 98.7 Å². The number of benzene rings is 1. The van der Waals surface area contributed by atoms with Crippen molar-refractivity contribution in [2.24, 2.45) is 0 Å². The van der Waals surface area contributed by atoms with Crippen LogP contribution in [0.1, 0.15) is 85.5 Å². The lowest BCUT2D eigenvalue weighted by atomic mass is 9.90. The van der Waals surface area contributed by atoms with Crippen LogP contribution in [0.4, 0.5) is 5.82 Å². The molecule has 1 aromatic carbocycles. The third-order valence-electron chi connectivity index (χ3n) is 6.43. The van der Waals surface area contributed by atoms with Crippen molar-refractivity contribution in [3.05, 3.63) is 58.6 Å². The van der Waals surface area contributed by atoms with Gasteiger partial charge in [-0.2, -0.15) is 0 Å². The van der Waals surface area contributed by atoms with Gasteiger partial charge in [-0.3, -0.25) is 4.79 Å². The molecule has 9 heteroatoms. The predicted octanol–water partition coefficient (Wildman–Crippen LogP) is 6.28. The highest BCUT2D eigenvalue weighted by Crippen LogP contribution is 2.37. The van der Waals surface area contributed by atoms with Gasteiger partial charge in [-0.15, -0.1) is 16.4 Å². The number of anilines is 1. The molecule has 1 aliphatic carbocycles. The standard InChI is InChI=1S/C26H30N6O2S/c1-16-10-11-18(24(33)28-23-13-22(34-30-23)26(2,3)4)12-20(16)32-15-19(29-31-32)21-14-27-25(35-21)17-8-6-5-7-9-17/h10-15,17H,5-9H2,1-4H3,(H,28,30,33). The van der Waals surface area contributed by atoms with E-state index in [1.807, 2.05) is 52.2 Å². The molecule has 0 radical (unpaired) electrons. The highest BCUT2D eigenvalue weighted by atomic mass is 32.1. The highest BCUT2D eigenvalue weighted by Gasteiger charge is 2.22. The van der Waals surface area contributed by atoms with E-state index in [2.05, 4.69) is 25.8 Å². The van der Waals surface area contributed by atoms with E-state index < -0.39 is 0 Å². The van der Waals surface area contributed by atoms with Gasteiger partial charge in [0.25, 0.3) is 5.91 Å². The number of carbonyl (C=O) groups excluding carboxylic acids is 1. The van der Waals surface area contributed by atoms with Gasteiger partial charge in [-0.05, 0) is 37.5 Å². The van der Waals surface area contributed by atoms with Gasteiger partial charge in [0.05, 0.1) is 21.8 Å². The Morgan fingerprint density at radius 1 is 1.17 bits per heavy atom. The summed E-state index contributed by atoms with van der Waals surface area (Å²) >= 11 is 1.71. The number of thiazole rings is 1. The van der Waals surface area contributed by atoms with E-state index in [-0.39, 0.29) is 11.3 Å². The molecule has 3 aromatic heterocycles. The average Bonchev–Trinajstić information content (AvgIpc) is 3.60. The molecule has 0 atom stereocenters. The van der Waals surface area contributed by atoms with Crippen molar-refractivity contribution < 1.29 is 9.32 Å². The molecule has 35 heavy (non-hydrogen) atoms. The normalized spacial score (nSPS) is 14.9. The number of rotatable bonds is 5. The summed E-state index contributed by atoms with van der Waals surface area (Å²) in [7, 11) is 0. The van der Waals surface area contributed by atoms with Crippen LogP contribution in [0, 0.1) is 6.92 Å². The Morgan fingerprint density at radius 3 is 2.71 bits per heavy atom. The predicted molar refractivity (Wildman–Crippen MR) is 136 cm³/mol. The van der Waals surface area contributed by atoms with E-state index in [1.54, 1.807) is 28.2 Å². The fourth-order valence-electron chi connectivity index (χ4n) is 4.31. The zero-order chi connectivity index (χ0) is 24.6. The maximum atomic E-state index is 12.9. The number of nitrogens with zero attached hydrogens (tertiary/aromatic N) is 5. The smallest absolute Gasteiger partial charge is 0.256 e. The average molecular weight is 491 g/mol. The summed E-state index contributed by atoms with van der Waals surface area (Å²) in [6.45, 7) is 8.07. The molecule has 0 unspecified atom stereocenters. The lowest BCUT2D eigenvalue weighted by molar-refractivity contribution is 0.102. The molecule has 5 rings (SSSR count). The Bertz CT molecular complexity index is 1340. The molecule has 0 aliphatic heterocycles. The maximum Gasteiger partial charge on any atom is 0.256 e. The zero-order valence-corrected chi connectivity index (χ0v) is 21.4. The van der Waals surface area contributed by atoms with Crippen LogP contribution in [0.15, 0.2) is 41.2 Å². The summed E-state index contributed by atoms with van der Waals surface area (Å²) in [5, 5.41) is 16.7. The van der Waals surface area contributed by atoms with E-state index in [0.29, 0.717) is 23.1 Å². The van der Waals surface area contributed by atoms with Gasteiger partial charge in [0, 0.05) is 29.2 Å². The van der Waals surface area contributed by atoms with E-state index in [9.17, 15) is 4.79 Å². The molecule has 0 saturated heterocycles. The monoisotopic (exact) mass is 490 g/mol. The van der Waals surface area contributed by atoms with Crippen molar-refractivity contribution in [2.75, 3.05) is 5.32 Å². The minimum Gasteiger partial charge on any atom is -0.359 e. The van der Waals surface area contributed by atoms with Gasteiger partial charge in [-0.1, -0.05) is 56.5 Å². The van der Waals surface area contributed by atoms with Crippen molar-refractivity contribution in [3.8, 4) is 16.3 Å². The first-order chi connectivity index (χ1) is 16.8. The Kier molecular flexibility index (Phi) is 6.27. The zero-order valence-electron chi connectivity index (χ0n) is 20.5. The first-order valence-corrected chi connectivity index (χ1v) is 12.9. The van der Waals surface area contributed by atoms with Crippen molar-refractivity contribution in [2.45, 2.75) is 71.1 Å². The number of nitrogens with one attached hydrogen (secondary N) is 1. The SMILES string of the molecule is Cc1ccc(C(=O)Nc2cc(C(C)(C)C)on2)cc1-n1cc(-c2cnc(C3CCCCC3)s2)nn1. The molecule has 0 bridgehead atoms. The van der Waals surface area contributed by atoms with Crippen LogP contribution in [-0.4, -0.2) is 31.0 Å². The number of hydrogen-bond donors (Lipinski definition) is 1. The van der Waals surface area contributed by atoms with Crippen molar-refractivity contribution >= 4 is 23.1 Å². The molecular formula is C26H30N6O2S. The van der Waals surface area contributed by atoms with Gasteiger partial charge < -0.3 is 9.84 Å². The Labute approximate surface area is 208 Å². The van der Waals surface area contributed by atoms with Gasteiger partial charge in [0.15, 0.2) is 5.82 Å². The fourth-order valence-corrected chi connectivity index (χ4v) is 5.35. The van der Waals surface area contributed by atoms with Crippen molar-refractivity contribution in [3.63, 3.8) is 0 Å². The van der Waals surface area contributed by atoms with E-state index in [0.717, 1.165) is 21.8 Å². The first-order valence-electron chi connectivity index (χ1n) is 12.1. The summed E-state index contributed by atoms with van der Waals surface area (Å²) in [4.78, 5) is 18.6. The number of aryl methyl sites for hydroxylation is 1. The second-order valence-electron chi connectivity index (χ2n) is 10.2. The molecule has 0 spiro atoms. The second-order valence-corrected chi connectivity index (χ2v) is 11.3. The quantitative estimate of drug-likeness (QED) is 0.353. The fraction of sp³-hybridized carbons (Fsp3) is 0.423. The molecule has 1 N–H and O–H groups in total. The van der Waals surface area contributed by atoms with Crippen LogP contribution in [0.5, 0.6) is 0 Å². The third-order valence-corrected chi connectivity index (χ3v) is 7.62. The van der Waals surface area contributed by atoms with Crippen LogP contribution in [0.3, 0.4) is 0 Å². The van der Waals surface area contributed by atoms with Crippen LogP contribution >= 0.6 is 11.3 Å². The molecule has 1 fully saturated rings. The summed E-state index contributed by atoms with van der Waals surface area (Å²) in [5.41, 5.74) is 2.88. The van der Waals surface area contributed by atoms with Crippen LogP contribution < -0.4 is 5.32 Å². The van der Waals surface area contributed by atoms with Gasteiger partial charge >= 0.3 is 0 Å². The van der Waals surface area contributed by atoms with Crippen molar-refractivity contribution in [1.82, 2.24) is 25.1 Å². The molecule has 182 valence electrons. The third kappa shape index (κ3) is 5.05. The molecule has 1 amide bonds. The number of carbonyl (C=O) groups is 1. The second kappa shape index (κ2) is 9.37. The maximum absolute atomic E-state index is 12.9. The molecule has 8 nitrogen and oxygen atoms in total. The lowest BCUT2D eigenvalue weighted by Gasteiger charge is -2.18. The Hall–Kier alpha value is -3.33. The summed E-state index contributed by atoms with van der Waals surface area (Å²) in [5.74, 6) is 1.41. The van der Waals surface area contributed by atoms with Crippen molar-refractivity contribution in [1.29, 1.82) is 0 Å². The minimum atomic E-state index is -0.264. The number of aromatic nitrogens is 5. The number of hydrogen-bond acceptors (Lipinski definition) is 7. The highest BCUT2D eigenvalue weighted by molar-refractivity contribution is 7.15. The van der Waals surface area contributed by atoms with Crippen LogP contribution in [0.25, 0.3) is 16.3 Å². The summed E-state index contributed by atoms with van der Waals surface area (Å²) in [6.07, 6.45) is 10.1. The minimum absolute atomic E-state index is 0.187. The van der Waals surface area contributed by atoms with Crippen LogP contribution in [-0.2, 0) is 5.41 Å². The van der Waals surface area contributed by atoms with E-state index in [4.69, 9.17) is 4.52 Å². The largest absolute Gasteiger partial charge is 0.359 e.